The van der Waals surface area contributed by atoms with Gasteiger partial charge in [0.25, 0.3) is 0 Å². The quantitative estimate of drug-likeness (QED) is 0.379. The minimum absolute atomic E-state index is 0.0298. The fourth-order valence-electron chi connectivity index (χ4n) is 3.05. The Morgan fingerprint density at radius 2 is 2.00 bits per heavy atom. The molecule has 0 radical (unpaired) electrons. The van der Waals surface area contributed by atoms with Gasteiger partial charge in [0.2, 0.25) is 0 Å². The van der Waals surface area contributed by atoms with Crippen LogP contribution in [-0.2, 0) is 6.42 Å². The molecule has 0 bridgehead atoms. The summed E-state index contributed by atoms with van der Waals surface area (Å²) in [6.07, 6.45) is -0.369. The van der Waals surface area contributed by atoms with Gasteiger partial charge in [0.15, 0.2) is 6.29 Å². The summed E-state index contributed by atoms with van der Waals surface area (Å²) in [7, 11) is 1.41. The van der Waals surface area contributed by atoms with Gasteiger partial charge in [-0.3, -0.25) is 4.79 Å². The number of phenols is 3. The van der Waals surface area contributed by atoms with E-state index in [9.17, 15) is 25.2 Å². The highest BCUT2D eigenvalue weighted by atomic mass is 16.5. The maximum atomic E-state index is 11.8. The minimum Gasteiger partial charge on any atom is -0.508 e. The SMILES string of the molecule is C=C(C)[C@H](O)Cc1c(OC)cc2oc(-c3ccc(O)cc3O)c(C=O)c2c1O. The molecule has 0 aliphatic heterocycles. The number of carbonyl (C=O) groups is 1. The van der Waals surface area contributed by atoms with Crippen molar-refractivity contribution in [2.45, 2.75) is 19.4 Å². The summed E-state index contributed by atoms with van der Waals surface area (Å²) in [6, 6.07) is 5.36. The van der Waals surface area contributed by atoms with Crippen molar-refractivity contribution in [1.29, 1.82) is 0 Å². The molecule has 146 valence electrons. The van der Waals surface area contributed by atoms with Crippen LogP contribution in [0.2, 0.25) is 0 Å². The van der Waals surface area contributed by atoms with Crippen molar-refractivity contribution in [3.63, 3.8) is 0 Å². The molecule has 0 aliphatic carbocycles. The maximum absolute atomic E-state index is 11.8. The third-order valence-corrected chi connectivity index (χ3v) is 4.58. The van der Waals surface area contributed by atoms with Crippen molar-refractivity contribution in [1.82, 2.24) is 0 Å². The summed E-state index contributed by atoms with van der Waals surface area (Å²) in [4.78, 5) is 11.8. The molecule has 1 aromatic heterocycles. The van der Waals surface area contributed by atoms with E-state index in [0.29, 0.717) is 17.4 Å². The fraction of sp³-hybridized carbons (Fsp3) is 0.190. The number of furan rings is 1. The van der Waals surface area contributed by atoms with Crippen molar-refractivity contribution < 1.29 is 34.4 Å². The van der Waals surface area contributed by atoms with Crippen molar-refractivity contribution in [3.8, 4) is 34.3 Å². The highest BCUT2D eigenvalue weighted by Crippen LogP contribution is 2.45. The second kappa shape index (κ2) is 7.28. The van der Waals surface area contributed by atoms with Gasteiger partial charge in [-0.1, -0.05) is 12.2 Å². The van der Waals surface area contributed by atoms with Gasteiger partial charge in [-0.15, -0.1) is 0 Å². The first kappa shape index (κ1) is 19.3. The number of hydrogen-bond donors (Lipinski definition) is 4. The molecule has 3 aromatic rings. The van der Waals surface area contributed by atoms with Crippen LogP contribution in [0, 0.1) is 0 Å². The lowest BCUT2D eigenvalue weighted by Crippen LogP contribution is -2.12. The Hall–Kier alpha value is -3.45. The Morgan fingerprint density at radius 1 is 1.29 bits per heavy atom. The Balaban J connectivity index is 2.29. The van der Waals surface area contributed by atoms with Crippen LogP contribution in [0.1, 0.15) is 22.8 Å². The summed E-state index contributed by atoms with van der Waals surface area (Å²) in [5.41, 5.74) is 1.20. The topological polar surface area (TPSA) is 120 Å². The van der Waals surface area contributed by atoms with Crippen LogP contribution < -0.4 is 4.74 Å². The summed E-state index contributed by atoms with van der Waals surface area (Å²) in [5, 5.41) is 40.7. The Bertz CT molecular complexity index is 1080. The van der Waals surface area contributed by atoms with Gasteiger partial charge < -0.3 is 29.6 Å². The van der Waals surface area contributed by atoms with Crippen molar-refractivity contribution >= 4 is 17.3 Å². The zero-order chi connectivity index (χ0) is 20.6. The average molecular weight is 384 g/mol. The molecule has 0 saturated heterocycles. The Labute approximate surface area is 160 Å². The second-order valence-corrected chi connectivity index (χ2v) is 6.51. The van der Waals surface area contributed by atoms with Gasteiger partial charge in [0.1, 0.15) is 34.3 Å². The molecule has 0 aliphatic rings. The molecule has 7 nitrogen and oxygen atoms in total. The van der Waals surface area contributed by atoms with E-state index in [1.165, 1.54) is 25.3 Å². The first-order valence-corrected chi connectivity index (χ1v) is 8.44. The van der Waals surface area contributed by atoms with Crippen molar-refractivity contribution in [2.24, 2.45) is 0 Å². The van der Waals surface area contributed by atoms with Crippen molar-refractivity contribution in [3.05, 3.63) is 47.5 Å². The molecule has 4 N–H and O–H groups in total. The third kappa shape index (κ3) is 3.16. The number of hydrogen-bond acceptors (Lipinski definition) is 7. The largest absolute Gasteiger partial charge is 0.508 e. The van der Waals surface area contributed by atoms with Crippen LogP contribution in [0.5, 0.6) is 23.0 Å². The predicted octanol–water partition coefficient (Wildman–Crippen LogP) is 3.52. The Morgan fingerprint density at radius 3 is 2.57 bits per heavy atom. The number of fused-ring (bicyclic) bond motifs is 1. The molecule has 0 fully saturated rings. The third-order valence-electron chi connectivity index (χ3n) is 4.58. The zero-order valence-electron chi connectivity index (χ0n) is 15.4. The highest BCUT2D eigenvalue weighted by molar-refractivity contribution is 6.07. The lowest BCUT2D eigenvalue weighted by Gasteiger charge is -2.15. The standard InChI is InChI=1S/C21H20O7/c1-10(2)15(24)7-13-17(27-3)8-18-19(20(13)26)14(9-22)21(28-18)12-5-4-11(23)6-16(12)25/h4-6,8-9,15,23-26H,1,7H2,2-3H3/t15-/m1/s1. The number of benzene rings is 2. The van der Waals surface area contributed by atoms with Gasteiger partial charge in [-0.25, -0.2) is 0 Å². The zero-order valence-corrected chi connectivity index (χ0v) is 15.4. The molecular formula is C21H20O7. The fourth-order valence-corrected chi connectivity index (χ4v) is 3.05. The number of ether oxygens (including phenoxy) is 1. The van der Waals surface area contributed by atoms with Crippen LogP contribution in [0.3, 0.4) is 0 Å². The molecule has 0 amide bonds. The van der Waals surface area contributed by atoms with Gasteiger partial charge in [-0.05, 0) is 19.1 Å². The molecule has 28 heavy (non-hydrogen) atoms. The summed E-state index contributed by atoms with van der Waals surface area (Å²) in [6.45, 7) is 5.36. The number of phenolic OH excluding ortho intramolecular Hbond substituents is 3. The first-order valence-electron chi connectivity index (χ1n) is 8.44. The molecule has 1 heterocycles. The van der Waals surface area contributed by atoms with Gasteiger partial charge >= 0.3 is 0 Å². The summed E-state index contributed by atoms with van der Waals surface area (Å²) >= 11 is 0. The van der Waals surface area contributed by atoms with Gasteiger partial charge in [-0.2, -0.15) is 0 Å². The van der Waals surface area contributed by atoms with Crippen LogP contribution in [0.25, 0.3) is 22.3 Å². The molecular weight excluding hydrogens is 364 g/mol. The summed E-state index contributed by atoms with van der Waals surface area (Å²) < 4.78 is 11.0. The van der Waals surface area contributed by atoms with E-state index in [4.69, 9.17) is 9.15 Å². The molecule has 7 heteroatoms. The summed E-state index contributed by atoms with van der Waals surface area (Å²) in [5.74, 6) is -0.377. The second-order valence-electron chi connectivity index (χ2n) is 6.51. The normalized spacial score (nSPS) is 12.1. The molecule has 0 spiro atoms. The van der Waals surface area contributed by atoms with Crippen LogP contribution in [0.15, 0.2) is 40.8 Å². The van der Waals surface area contributed by atoms with Crippen molar-refractivity contribution in [2.75, 3.05) is 7.11 Å². The number of aliphatic hydroxyl groups excluding tert-OH is 1. The number of aliphatic hydroxyl groups is 1. The number of methoxy groups -OCH3 is 1. The minimum atomic E-state index is -0.913. The van der Waals surface area contributed by atoms with E-state index in [1.807, 2.05) is 0 Å². The van der Waals surface area contributed by atoms with E-state index >= 15 is 0 Å². The maximum Gasteiger partial charge on any atom is 0.154 e. The number of rotatable bonds is 6. The number of aldehydes is 1. The van der Waals surface area contributed by atoms with Gasteiger partial charge in [0.05, 0.1) is 29.7 Å². The van der Waals surface area contributed by atoms with Crippen LogP contribution >= 0.6 is 0 Å². The van der Waals surface area contributed by atoms with E-state index in [2.05, 4.69) is 6.58 Å². The lowest BCUT2D eigenvalue weighted by molar-refractivity contribution is 0.112. The van der Waals surface area contributed by atoms with Crippen LogP contribution in [-0.4, -0.2) is 39.9 Å². The molecule has 0 saturated carbocycles. The smallest absolute Gasteiger partial charge is 0.154 e. The molecule has 3 rings (SSSR count). The van der Waals surface area contributed by atoms with E-state index in [-0.39, 0.29) is 57.3 Å². The monoisotopic (exact) mass is 384 g/mol. The molecule has 2 aromatic carbocycles. The predicted molar refractivity (Wildman–Crippen MR) is 103 cm³/mol. The molecule has 0 unspecified atom stereocenters. The van der Waals surface area contributed by atoms with E-state index in [0.717, 1.165) is 6.07 Å². The number of carbonyl (C=O) groups excluding carboxylic acids is 1. The Kier molecular flexibility index (Phi) is 5.02. The van der Waals surface area contributed by atoms with Crippen LogP contribution in [0.4, 0.5) is 0 Å². The first-order chi connectivity index (χ1) is 13.3. The van der Waals surface area contributed by atoms with Gasteiger partial charge in [0, 0.05) is 24.1 Å². The van der Waals surface area contributed by atoms with E-state index < -0.39 is 6.10 Å². The molecule has 1 atom stereocenters. The average Bonchev–Trinajstić information content (AvgIpc) is 3.01. The number of aromatic hydroxyl groups is 3. The highest BCUT2D eigenvalue weighted by Gasteiger charge is 2.25. The lowest BCUT2D eigenvalue weighted by atomic mass is 9.97. The van der Waals surface area contributed by atoms with E-state index in [1.54, 1.807) is 6.92 Å².